The van der Waals surface area contributed by atoms with Crippen molar-refractivity contribution >= 4 is 10.9 Å². The maximum Gasteiger partial charge on any atom is 0.141 e. The average Bonchev–Trinajstić information content (AvgIpc) is 2.28. The summed E-state index contributed by atoms with van der Waals surface area (Å²) >= 11 is 0. The molecule has 1 aromatic carbocycles. The quantitative estimate of drug-likeness (QED) is 0.619. The van der Waals surface area contributed by atoms with E-state index in [9.17, 15) is 5.11 Å². The topological polar surface area (TPSA) is 45.4 Å². The van der Waals surface area contributed by atoms with Gasteiger partial charge in [-0.05, 0) is 18.2 Å². The molecule has 0 amide bonds. The van der Waals surface area contributed by atoms with E-state index < -0.39 is 0 Å². The van der Waals surface area contributed by atoms with Gasteiger partial charge in [-0.2, -0.15) is 0 Å². The highest BCUT2D eigenvalue weighted by Gasteiger charge is 2.04. The molecule has 0 atom stereocenters. The van der Waals surface area contributed by atoms with Crippen LogP contribution in [0.1, 0.15) is 0 Å². The SMILES string of the molecule is Cn1cc(O)c2cc(O)ccc21. The Balaban J connectivity index is 2.90. The normalized spacial score (nSPS) is 10.8. The summed E-state index contributed by atoms with van der Waals surface area (Å²) in [4.78, 5) is 0. The number of fused-ring (bicyclic) bond motifs is 1. The maximum absolute atomic E-state index is 9.38. The molecule has 12 heavy (non-hydrogen) atoms. The molecule has 0 unspecified atom stereocenters. The first-order valence-corrected chi connectivity index (χ1v) is 3.65. The summed E-state index contributed by atoms with van der Waals surface area (Å²) in [5.74, 6) is 0.368. The minimum Gasteiger partial charge on any atom is -0.508 e. The number of nitrogens with zero attached hydrogens (tertiary/aromatic N) is 1. The second kappa shape index (κ2) is 2.17. The van der Waals surface area contributed by atoms with Crippen molar-refractivity contribution in [2.24, 2.45) is 7.05 Å². The zero-order valence-corrected chi connectivity index (χ0v) is 6.65. The van der Waals surface area contributed by atoms with Crippen molar-refractivity contribution < 1.29 is 10.2 Å². The molecule has 0 aliphatic carbocycles. The number of hydrogen-bond donors (Lipinski definition) is 2. The third kappa shape index (κ3) is 0.830. The van der Waals surface area contributed by atoms with Gasteiger partial charge in [0.1, 0.15) is 11.5 Å². The maximum atomic E-state index is 9.38. The van der Waals surface area contributed by atoms with Gasteiger partial charge in [-0.15, -0.1) is 0 Å². The fourth-order valence-corrected chi connectivity index (χ4v) is 1.36. The Bertz CT molecular complexity index is 431. The second-order valence-electron chi connectivity index (χ2n) is 2.83. The first-order chi connectivity index (χ1) is 5.68. The summed E-state index contributed by atoms with van der Waals surface area (Å²) in [7, 11) is 1.85. The van der Waals surface area contributed by atoms with E-state index in [1.54, 1.807) is 24.4 Å². The third-order valence-corrected chi connectivity index (χ3v) is 1.95. The summed E-state index contributed by atoms with van der Waals surface area (Å²) in [5, 5.41) is 19.2. The van der Waals surface area contributed by atoms with E-state index in [0.29, 0.717) is 5.39 Å². The van der Waals surface area contributed by atoms with Gasteiger partial charge in [0, 0.05) is 18.6 Å². The second-order valence-corrected chi connectivity index (χ2v) is 2.83. The summed E-state index contributed by atoms with van der Waals surface area (Å²) in [6, 6.07) is 4.91. The van der Waals surface area contributed by atoms with Crippen LogP contribution in [0.3, 0.4) is 0 Å². The van der Waals surface area contributed by atoms with Gasteiger partial charge in [-0.1, -0.05) is 0 Å². The van der Waals surface area contributed by atoms with Crippen molar-refractivity contribution in [1.29, 1.82) is 0 Å². The van der Waals surface area contributed by atoms with Gasteiger partial charge in [0.2, 0.25) is 0 Å². The highest BCUT2D eigenvalue weighted by Crippen LogP contribution is 2.28. The van der Waals surface area contributed by atoms with Crippen LogP contribution >= 0.6 is 0 Å². The van der Waals surface area contributed by atoms with Gasteiger partial charge >= 0.3 is 0 Å². The Morgan fingerprint density at radius 3 is 2.75 bits per heavy atom. The van der Waals surface area contributed by atoms with Gasteiger partial charge in [0.15, 0.2) is 0 Å². The zero-order valence-electron chi connectivity index (χ0n) is 6.65. The van der Waals surface area contributed by atoms with Crippen molar-refractivity contribution in [2.45, 2.75) is 0 Å². The number of hydrogen-bond acceptors (Lipinski definition) is 2. The van der Waals surface area contributed by atoms with Crippen LogP contribution in [0.4, 0.5) is 0 Å². The smallest absolute Gasteiger partial charge is 0.141 e. The van der Waals surface area contributed by atoms with Crippen LogP contribution in [0.5, 0.6) is 11.5 Å². The van der Waals surface area contributed by atoms with E-state index >= 15 is 0 Å². The van der Waals surface area contributed by atoms with Crippen LogP contribution in [0.2, 0.25) is 0 Å². The molecule has 2 rings (SSSR count). The molecule has 0 radical (unpaired) electrons. The van der Waals surface area contributed by atoms with E-state index in [1.165, 1.54) is 0 Å². The molecule has 0 saturated heterocycles. The minimum absolute atomic E-state index is 0.170. The predicted octanol–water partition coefficient (Wildman–Crippen LogP) is 1.59. The Hall–Kier alpha value is -1.64. The molecule has 62 valence electrons. The zero-order chi connectivity index (χ0) is 8.72. The van der Waals surface area contributed by atoms with Crippen molar-refractivity contribution in [3.05, 3.63) is 24.4 Å². The van der Waals surface area contributed by atoms with Crippen LogP contribution in [-0.4, -0.2) is 14.8 Å². The van der Waals surface area contributed by atoms with E-state index in [1.807, 2.05) is 11.6 Å². The van der Waals surface area contributed by atoms with E-state index in [0.717, 1.165) is 5.52 Å². The molecule has 0 saturated carbocycles. The van der Waals surface area contributed by atoms with Crippen molar-refractivity contribution in [3.8, 4) is 11.5 Å². The van der Waals surface area contributed by atoms with Crippen LogP contribution in [-0.2, 0) is 7.05 Å². The summed E-state index contributed by atoms with van der Waals surface area (Å²) in [6.07, 6.45) is 1.62. The largest absolute Gasteiger partial charge is 0.508 e. The summed E-state index contributed by atoms with van der Waals surface area (Å²) in [6.45, 7) is 0. The molecule has 1 aromatic heterocycles. The van der Waals surface area contributed by atoms with Gasteiger partial charge in [0.25, 0.3) is 0 Å². The van der Waals surface area contributed by atoms with Gasteiger partial charge in [-0.25, -0.2) is 0 Å². The highest BCUT2D eigenvalue weighted by atomic mass is 16.3. The van der Waals surface area contributed by atoms with E-state index in [4.69, 9.17) is 5.11 Å². The molecule has 3 nitrogen and oxygen atoms in total. The number of benzene rings is 1. The third-order valence-electron chi connectivity index (χ3n) is 1.95. The number of aromatic hydroxyl groups is 2. The number of phenols is 1. The Morgan fingerprint density at radius 2 is 2.00 bits per heavy atom. The predicted molar refractivity (Wildman–Crippen MR) is 46.2 cm³/mol. The standard InChI is InChI=1S/C9H9NO2/c1-10-5-9(12)7-4-6(11)2-3-8(7)10/h2-5,11-12H,1H3. The number of phenolic OH excluding ortho intramolecular Hbond substituents is 1. The lowest BCUT2D eigenvalue weighted by molar-refractivity contribution is 0.472. The molecule has 3 heteroatoms. The van der Waals surface area contributed by atoms with E-state index in [2.05, 4.69) is 0 Å². The van der Waals surface area contributed by atoms with Crippen LogP contribution in [0.25, 0.3) is 10.9 Å². The Labute approximate surface area is 69.5 Å². The lowest BCUT2D eigenvalue weighted by Gasteiger charge is -1.95. The molecular formula is C9H9NO2. The average molecular weight is 163 g/mol. The fourth-order valence-electron chi connectivity index (χ4n) is 1.36. The lowest BCUT2D eigenvalue weighted by atomic mass is 10.2. The minimum atomic E-state index is 0.170. The van der Waals surface area contributed by atoms with Crippen LogP contribution in [0.15, 0.2) is 24.4 Å². The van der Waals surface area contributed by atoms with Gasteiger partial charge < -0.3 is 14.8 Å². The van der Waals surface area contributed by atoms with Crippen molar-refractivity contribution in [1.82, 2.24) is 4.57 Å². The van der Waals surface area contributed by atoms with Gasteiger partial charge in [0.05, 0.1) is 5.52 Å². The first kappa shape index (κ1) is 7.03. The van der Waals surface area contributed by atoms with Gasteiger partial charge in [-0.3, -0.25) is 0 Å². The Morgan fingerprint density at radius 1 is 1.25 bits per heavy atom. The Kier molecular flexibility index (Phi) is 1.27. The summed E-state index contributed by atoms with van der Waals surface area (Å²) < 4.78 is 1.81. The van der Waals surface area contributed by atoms with Crippen LogP contribution in [0, 0.1) is 0 Å². The fraction of sp³-hybridized carbons (Fsp3) is 0.111. The molecular weight excluding hydrogens is 154 g/mol. The first-order valence-electron chi connectivity index (χ1n) is 3.65. The molecule has 0 fully saturated rings. The molecule has 1 heterocycles. The van der Waals surface area contributed by atoms with Crippen LogP contribution < -0.4 is 0 Å². The summed E-state index contributed by atoms with van der Waals surface area (Å²) in [5.41, 5.74) is 0.908. The monoisotopic (exact) mass is 163 g/mol. The van der Waals surface area contributed by atoms with Crippen molar-refractivity contribution in [3.63, 3.8) is 0 Å². The molecule has 0 bridgehead atoms. The molecule has 2 aromatic rings. The van der Waals surface area contributed by atoms with E-state index in [-0.39, 0.29) is 11.5 Å². The highest BCUT2D eigenvalue weighted by molar-refractivity contribution is 5.87. The lowest BCUT2D eigenvalue weighted by Crippen LogP contribution is -1.81. The molecule has 0 aliphatic rings. The molecule has 0 aliphatic heterocycles. The number of rotatable bonds is 0. The number of aromatic nitrogens is 1. The number of aryl methyl sites for hydroxylation is 1. The molecule has 2 N–H and O–H groups in total. The molecule has 0 spiro atoms. The van der Waals surface area contributed by atoms with Crippen molar-refractivity contribution in [2.75, 3.05) is 0 Å².